The number of amides is 2. The number of rotatable bonds is 8. The van der Waals surface area contributed by atoms with E-state index in [1.165, 1.54) is 30.5 Å². The second-order valence-corrected chi connectivity index (χ2v) is 7.65. The van der Waals surface area contributed by atoms with Crippen LogP contribution in [0, 0.1) is 0 Å². The van der Waals surface area contributed by atoms with Gasteiger partial charge in [-0.2, -0.15) is 5.10 Å². The minimum Gasteiger partial charge on any atom is -0.423 e. The predicted octanol–water partition coefficient (Wildman–Crippen LogP) is 4.49. The maximum atomic E-state index is 12.1. The molecule has 0 saturated carbocycles. The molecule has 3 aromatic carbocycles. The van der Waals surface area contributed by atoms with Crippen LogP contribution < -0.4 is 15.5 Å². The van der Waals surface area contributed by atoms with Gasteiger partial charge in [-0.05, 0) is 59.7 Å². The molecular formula is C25H19Cl2N3O4. The summed E-state index contributed by atoms with van der Waals surface area (Å²) in [7, 11) is 0. The molecule has 0 atom stereocenters. The lowest BCUT2D eigenvalue weighted by Crippen LogP contribution is -2.34. The van der Waals surface area contributed by atoms with Gasteiger partial charge in [0.1, 0.15) is 5.75 Å². The third-order valence-corrected chi connectivity index (χ3v) is 5.04. The highest BCUT2D eigenvalue weighted by molar-refractivity contribution is 6.42. The Bertz CT molecular complexity index is 1230. The van der Waals surface area contributed by atoms with Crippen LogP contribution >= 0.6 is 23.2 Å². The Hall–Kier alpha value is -3.94. The number of benzene rings is 3. The summed E-state index contributed by atoms with van der Waals surface area (Å²) in [4.78, 5) is 35.9. The van der Waals surface area contributed by atoms with E-state index < -0.39 is 17.8 Å². The molecule has 0 unspecified atom stereocenters. The van der Waals surface area contributed by atoms with Gasteiger partial charge in [0.2, 0.25) is 0 Å². The van der Waals surface area contributed by atoms with Gasteiger partial charge in [0.25, 0.3) is 11.8 Å². The quantitative estimate of drug-likeness (QED) is 0.158. The van der Waals surface area contributed by atoms with Gasteiger partial charge in [-0.1, -0.05) is 53.5 Å². The van der Waals surface area contributed by atoms with Gasteiger partial charge in [-0.25, -0.2) is 10.2 Å². The Morgan fingerprint density at radius 3 is 2.32 bits per heavy atom. The summed E-state index contributed by atoms with van der Waals surface area (Å²) < 4.78 is 5.24. The summed E-state index contributed by atoms with van der Waals surface area (Å²) in [5.74, 6) is -1.11. The maximum Gasteiger partial charge on any atom is 0.336 e. The Labute approximate surface area is 206 Å². The molecule has 7 nitrogen and oxygen atoms in total. The van der Waals surface area contributed by atoms with Gasteiger partial charge in [-0.15, -0.1) is 0 Å². The van der Waals surface area contributed by atoms with Crippen molar-refractivity contribution in [3.05, 3.63) is 106 Å². The van der Waals surface area contributed by atoms with Gasteiger partial charge in [0.05, 0.1) is 22.8 Å². The summed E-state index contributed by atoms with van der Waals surface area (Å²) >= 11 is 11.7. The fraction of sp³-hybridized carbons (Fsp3) is 0.0400. The average Bonchev–Trinajstić information content (AvgIpc) is 2.84. The second-order valence-electron chi connectivity index (χ2n) is 6.84. The maximum absolute atomic E-state index is 12.1. The Morgan fingerprint density at radius 1 is 0.882 bits per heavy atom. The molecule has 172 valence electrons. The van der Waals surface area contributed by atoms with Crippen molar-refractivity contribution in [3.8, 4) is 5.75 Å². The molecule has 0 bridgehead atoms. The number of esters is 1. The minimum atomic E-state index is -0.514. The summed E-state index contributed by atoms with van der Waals surface area (Å²) in [5.41, 5.74) is 4.15. The first-order valence-electron chi connectivity index (χ1n) is 10.0. The minimum absolute atomic E-state index is 0.243. The van der Waals surface area contributed by atoms with Crippen molar-refractivity contribution in [3.63, 3.8) is 0 Å². The number of hydrogen-bond donors (Lipinski definition) is 2. The highest BCUT2D eigenvalue weighted by atomic mass is 35.5. The van der Waals surface area contributed by atoms with Crippen molar-refractivity contribution in [1.82, 2.24) is 10.7 Å². The van der Waals surface area contributed by atoms with E-state index in [1.54, 1.807) is 30.3 Å². The lowest BCUT2D eigenvalue weighted by Gasteiger charge is -2.05. The Kier molecular flexibility index (Phi) is 8.96. The van der Waals surface area contributed by atoms with Crippen molar-refractivity contribution in [2.45, 2.75) is 0 Å². The molecule has 0 aliphatic rings. The van der Waals surface area contributed by atoms with E-state index in [9.17, 15) is 14.4 Å². The third-order valence-electron chi connectivity index (χ3n) is 4.30. The van der Waals surface area contributed by atoms with Gasteiger partial charge < -0.3 is 10.1 Å². The lowest BCUT2D eigenvalue weighted by molar-refractivity contribution is -0.129. The molecule has 2 N–H and O–H groups in total. The van der Waals surface area contributed by atoms with Crippen molar-refractivity contribution in [2.24, 2.45) is 5.10 Å². The first kappa shape index (κ1) is 24.7. The molecule has 0 aliphatic carbocycles. The molecule has 0 fully saturated rings. The van der Waals surface area contributed by atoms with Crippen LogP contribution in [0.2, 0.25) is 10.0 Å². The second kappa shape index (κ2) is 12.3. The number of halogens is 2. The number of hydrogen-bond acceptors (Lipinski definition) is 5. The molecular weight excluding hydrogens is 477 g/mol. The summed E-state index contributed by atoms with van der Waals surface area (Å²) in [6.45, 7) is -0.276. The van der Waals surface area contributed by atoms with Crippen LogP contribution in [0.25, 0.3) is 6.08 Å². The molecule has 3 rings (SSSR count). The molecule has 34 heavy (non-hydrogen) atoms. The highest BCUT2D eigenvalue weighted by Crippen LogP contribution is 2.22. The van der Waals surface area contributed by atoms with Gasteiger partial charge in [-0.3, -0.25) is 9.59 Å². The number of ether oxygens (including phenoxy) is 1. The van der Waals surface area contributed by atoms with E-state index in [2.05, 4.69) is 15.8 Å². The number of nitrogens with one attached hydrogen (secondary N) is 2. The molecule has 9 heteroatoms. The van der Waals surface area contributed by atoms with E-state index in [0.717, 1.165) is 5.56 Å². The van der Waals surface area contributed by atoms with E-state index in [4.69, 9.17) is 27.9 Å². The van der Waals surface area contributed by atoms with Crippen LogP contribution in [0.15, 0.2) is 84.0 Å². The van der Waals surface area contributed by atoms with Crippen LogP contribution in [0.5, 0.6) is 5.75 Å². The highest BCUT2D eigenvalue weighted by Gasteiger charge is 2.09. The van der Waals surface area contributed by atoms with E-state index >= 15 is 0 Å². The van der Waals surface area contributed by atoms with Gasteiger partial charge in [0, 0.05) is 11.6 Å². The van der Waals surface area contributed by atoms with E-state index in [-0.39, 0.29) is 17.1 Å². The predicted molar refractivity (Wildman–Crippen MR) is 132 cm³/mol. The standard InChI is InChI=1S/C25H19Cl2N3O4/c26-21-12-9-19(14-22(21)27)25(33)28-16-23(31)30-29-15-18-6-10-20(11-7-18)34-24(32)13-8-17-4-2-1-3-5-17/h1-15H,16H2,(H,28,33)(H,30,31)/b13-8+,29-15+. The van der Waals surface area contributed by atoms with E-state index in [1.807, 2.05) is 30.3 Å². The molecule has 2 amide bonds. The molecule has 0 radical (unpaired) electrons. The van der Waals surface area contributed by atoms with Crippen molar-refractivity contribution in [1.29, 1.82) is 0 Å². The fourth-order valence-corrected chi connectivity index (χ4v) is 2.92. The SMILES string of the molecule is O=C(CNC(=O)c1ccc(Cl)c(Cl)c1)N/N=C/c1ccc(OC(=O)/C=C/c2ccccc2)cc1. The topological polar surface area (TPSA) is 96.9 Å². The first-order chi connectivity index (χ1) is 16.4. The van der Waals surface area contributed by atoms with Crippen LogP contribution in [-0.2, 0) is 9.59 Å². The zero-order valence-electron chi connectivity index (χ0n) is 17.7. The monoisotopic (exact) mass is 495 g/mol. The number of carbonyl (C=O) groups is 3. The number of hydrazone groups is 1. The molecule has 0 spiro atoms. The first-order valence-corrected chi connectivity index (χ1v) is 10.8. The third kappa shape index (κ3) is 7.88. The summed E-state index contributed by atoms with van der Waals surface area (Å²) in [6.07, 6.45) is 4.43. The lowest BCUT2D eigenvalue weighted by atomic mass is 10.2. The molecule has 0 saturated heterocycles. The normalized spacial score (nSPS) is 10.9. The smallest absolute Gasteiger partial charge is 0.336 e. The fourth-order valence-electron chi connectivity index (χ4n) is 2.62. The van der Waals surface area contributed by atoms with Gasteiger partial charge >= 0.3 is 5.97 Å². The Balaban J connectivity index is 1.42. The zero-order valence-corrected chi connectivity index (χ0v) is 19.2. The number of carbonyl (C=O) groups excluding carboxylic acids is 3. The number of nitrogens with zero attached hydrogens (tertiary/aromatic N) is 1. The summed E-state index contributed by atoms with van der Waals surface area (Å²) in [5, 5.41) is 6.87. The van der Waals surface area contributed by atoms with Crippen molar-refractivity contribution >= 4 is 53.3 Å². The van der Waals surface area contributed by atoms with Crippen LogP contribution in [0.4, 0.5) is 0 Å². The molecule has 0 heterocycles. The van der Waals surface area contributed by atoms with E-state index in [0.29, 0.717) is 16.3 Å². The van der Waals surface area contributed by atoms with Crippen LogP contribution in [0.3, 0.4) is 0 Å². The van der Waals surface area contributed by atoms with Crippen molar-refractivity contribution in [2.75, 3.05) is 6.54 Å². The zero-order chi connectivity index (χ0) is 24.3. The average molecular weight is 496 g/mol. The molecule has 0 aromatic heterocycles. The van der Waals surface area contributed by atoms with Gasteiger partial charge in [0.15, 0.2) is 0 Å². The van der Waals surface area contributed by atoms with Crippen molar-refractivity contribution < 1.29 is 19.1 Å². The molecule has 3 aromatic rings. The largest absolute Gasteiger partial charge is 0.423 e. The molecule has 0 aliphatic heterocycles. The van der Waals surface area contributed by atoms with Crippen LogP contribution in [0.1, 0.15) is 21.5 Å². The Morgan fingerprint density at radius 2 is 1.62 bits per heavy atom. The summed E-state index contributed by atoms with van der Waals surface area (Å²) in [6, 6.07) is 20.4. The van der Waals surface area contributed by atoms with Crippen LogP contribution in [-0.4, -0.2) is 30.5 Å².